The van der Waals surface area contributed by atoms with Crippen LogP contribution in [0.15, 0.2) is 24.3 Å². The minimum atomic E-state index is 0.498. The Balaban J connectivity index is -0.000000287. The Morgan fingerprint density at radius 2 is 0.632 bits per heavy atom. The average molecular weight is 1230 g/mol. The third-order valence-electron chi connectivity index (χ3n) is 21.4. The average Bonchev–Trinajstić information content (AvgIpc) is 1.71. The Bertz CT molecular complexity index is 1540. The lowest BCUT2D eigenvalue weighted by molar-refractivity contribution is 0.0663. The highest BCUT2D eigenvalue weighted by Gasteiger charge is 2.57. The maximum Gasteiger partial charge on any atom is -0.0172 e. The summed E-state index contributed by atoms with van der Waals surface area (Å²) in [5.41, 5.74) is 5.00. The van der Waals surface area contributed by atoms with Crippen LogP contribution in [0, 0.1) is 102 Å². The van der Waals surface area contributed by atoms with E-state index in [1.54, 1.807) is 64.2 Å². The van der Waals surface area contributed by atoms with Crippen molar-refractivity contribution in [3.63, 3.8) is 0 Å². The van der Waals surface area contributed by atoms with E-state index < -0.39 is 0 Å². The largest absolute Gasteiger partial charge is 0.0880 e. The van der Waals surface area contributed by atoms with Crippen molar-refractivity contribution in [1.82, 2.24) is 0 Å². The van der Waals surface area contributed by atoms with Crippen LogP contribution in [0.3, 0.4) is 0 Å². The SMILES string of the molecule is CC.CC.CC.CC.CC.CC.CC.CC.CC.CC(C)(C)C.CC1(C)C=CCC1.CC1(C)C=CCCC1.CC1(C)CC2CC1C1CCCC21.CC1(C)CC2CC1C1CCCCC21.CC1(C)CC2CCC1C2.CC1(C)CCCC1.CC1(C)CCCCC1. The van der Waals surface area contributed by atoms with Gasteiger partial charge in [0.1, 0.15) is 0 Å². The molecule has 10 atom stereocenters. The molecule has 10 fully saturated rings. The molecule has 0 aromatic heterocycles. The predicted octanol–water partition coefficient (Wildman–Crippen LogP) is 32.1. The van der Waals surface area contributed by atoms with E-state index in [4.69, 9.17) is 0 Å². The van der Waals surface area contributed by atoms with Crippen LogP contribution in [-0.4, -0.2) is 0 Å². The maximum absolute atomic E-state index is 2.52. The standard InChI is InChI=1S/C13H22.C12H20.C9H16.C8H16.C8H14.C7H14.C7H12.C5H12.9C2H6/c1-13(2)8-9-7-12(13)11-6-4-3-5-10(9)11;1-12(2)7-8-6-11(12)10-5-3-4-9(8)10;1-9(2)6-7-3-4-8(9)5-7;2*1-8(2)6-4-3-5-7-8;2*1-7(2)5-3-4-6-7;1-5(2,3)4;9*1-2/h9-12H,3-8H2,1-2H3;8-11H,3-7H2,1-2H3;7-8H,3-6H2,1-2H3;3-7H2,1-2H3;4,6H,3,5,7H2,1-2H3;3-6H2,1-2H3;3,5H,4,6H2,1-2H3;1-4H3;9*1-2H3. The summed E-state index contributed by atoms with van der Waals surface area (Å²) in [5.74, 6) is 11.3. The first-order valence-electron chi connectivity index (χ1n) is 40.2. The van der Waals surface area contributed by atoms with Crippen LogP contribution in [0.5, 0.6) is 0 Å². The minimum absolute atomic E-state index is 0.498. The van der Waals surface area contributed by atoms with E-state index in [2.05, 4.69) is 149 Å². The van der Waals surface area contributed by atoms with Gasteiger partial charge in [0.2, 0.25) is 0 Å². The molecule has 0 spiro atoms. The third-order valence-corrected chi connectivity index (χ3v) is 21.4. The van der Waals surface area contributed by atoms with Gasteiger partial charge < -0.3 is 0 Å². The molecule has 6 bridgehead atoms. The van der Waals surface area contributed by atoms with Gasteiger partial charge in [0.25, 0.3) is 0 Å². The molecule has 10 unspecified atom stereocenters. The molecule has 0 aromatic carbocycles. The zero-order chi connectivity index (χ0) is 69.1. The van der Waals surface area contributed by atoms with Gasteiger partial charge >= 0.3 is 0 Å². The Labute approximate surface area is 559 Å². The van der Waals surface area contributed by atoms with Gasteiger partial charge in [-0.3, -0.25) is 0 Å². The Morgan fingerprint density at radius 3 is 0.862 bits per heavy atom. The van der Waals surface area contributed by atoms with Crippen molar-refractivity contribution >= 4 is 0 Å². The predicted molar refractivity (Wildman–Crippen MR) is 411 cm³/mol. The minimum Gasteiger partial charge on any atom is -0.0880 e. The lowest BCUT2D eigenvalue weighted by Gasteiger charge is -2.43. The summed E-state index contributed by atoms with van der Waals surface area (Å²) in [6.45, 7) is 78.3. The molecule has 0 N–H and O–H groups in total. The van der Waals surface area contributed by atoms with Crippen molar-refractivity contribution in [2.24, 2.45) is 102 Å². The molecule has 0 heterocycles. The van der Waals surface area contributed by atoms with Gasteiger partial charge in [-0.1, -0.05) is 331 Å². The maximum atomic E-state index is 2.52. The molecule has 0 saturated heterocycles. The second-order valence-electron chi connectivity index (χ2n) is 33.3. The van der Waals surface area contributed by atoms with Gasteiger partial charge in [0, 0.05) is 0 Å². The second kappa shape index (κ2) is 50.0. The summed E-state index contributed by atoms with van der Waals surface area (Å²) in [7, 11) is 0. The summed E-state index contributed by atoms with van der Waals surface area (Å²) < 4.78 is 0. The van der Waals surface area contributed by atoms with Crippen molar-refractivity contribution in [2.45, 2.75) is 435 Å². The van der Waals surface area contributed by atoms with Crippen molar-refractivity contribution in [1.29, 1.82) is 0 Å². The molecule has 528 valence electrons. The Hall–Kier alpha value is -0.520. The van der Waals surface area contributed by atoms with E-state index in [9.17, 15) is 0 Å². The number of hydrogen-bond donors (Lipinski definition) is 0. The van der Waals surface area contributed by atoms with Crippen molar-refractivity contribution in [3.05, 3.63) is 24.3 Å². The quantitative estimate of drug-likeness (QED) is 0.212. The fourth-order valence-corrected chi connectivity index (χ4v) is 17.5. The van der Waals surface area contributed by atoms with E-state index in [0.717, 1.165) is 53.3 Å². The van der Waals surface area contributed by atoms with Crippen LogP contribution >= 0.6 is 0 Å². The monoisotopic (exact) mass is 1230 g/mol. The summed E-state index contributed by atoms with van der Waals surface area (Å²) >= 11 is 0. The van der Waals surface area contributed by atoms with Crippen molar-refractivity contribution in [3.8, 4) is 0 Å². The topological polar surface area (TPSA) is 0 Å². The zero-order valence-electron chi connectivity index (χ0n) is 68.6. The van der Waals surface area contributed by atoms with Gasteiger partial charge in [0.15, 0.2) is 0 Å². The molecule has 12 rings (SSSR count). The number of hydrogen-bond acceptors (Lipinski definition) is 0. The number of fused-ring (bicyclic) bond motifs is 12. The summed E-state index contributed by atoms with van der Waals surface area (Å²) in [4.78, 5) is 0. The van der Waals surface area contributed by atoms with Crippen LogP contribution in [0.4, 0.5) is 0 Å². The van der Waals surface area contributed by atoms with E-state index >= 15 is 0 Å². The van der Waals surface area contributed by atoms with Gasteiger partial charge in [-0.15, -0.1) is 0 Å². The highest BCUT2D eigenvalue weighted by atomic mass is 14.6. The highest BCUT2D eigenvalue weighted by molar-refractivity contribution is 5.07. The zero-order valence-corrected chi connectivity index (χ0v) is 68.6. The summed E-state index contributed by atoms with van der Waals surface area (Å²) in [6.07, 6.45) is 52.2. The van der Waals surface area contributed by atoms with E-state index in [-0.39, 0.29) is 0 Å². The van der Waals surface area contributed by atoms with Gasteiger partial charge in [-0.05, 0) is 231 Å². The molecule has 87 heavy (non-hydrogen) atoms. The first kappa shape index (κ1) is 95.2. The molecule has 0 radical (unpaired) electrons. The Kier molecular flexibility index (Phi) is 54.7. The van der Waals surface area contributed by atoms with Crippen molar-refractivity contribution in [2.75, 3.05) is 0 Å². The summed E-state index contributed by atoms with van der Waals surface area (Å²) in [5, 5.41) is 0. The molecule has 0 nitrogen and oxygen atoms in total. The molecule has 0 amide bonds. The third kappa shape index (κ3) is 38.4. The van der Waals surface area contributed by atoms with Crippen LogP contribution in [0.2, 0.25) is 0 Å². The highest BCUT2D eigenvalue weighted by Crippen LogP contribution is 2.66. The van der Waals surface area contributed by atoms with E-state index in [1.165, 1.54) is 128 Å². The lowest BCUT2D eigenvalue weighted by atomic mass is 9.62. The fraction of sp³-hybridized carbons (Fsp3) is 0.954. The molecule has 0 heteroatoms. The van der Waals surface area contributed by atoms with E-state index in [1.807, 2.05) is 125 Å². The number of rotatable bonds is 0. The lowest BCUT2D eigenvalue weighted by Crippen LogP contribution is -2.35. The Morgan fingerprint density at radius 1 is 0.299 bits per heavy atom. The van der Waals surface area contributed by atoms with Crippen LogP contribution in [0.25, 0.3) is 0 Å². The first-order valence-corrected chi connectivity index (χ1v) is 40.2. The molecular weight excluding hydrogens is 1040 g/mol. The smallest absolute Gasteiger partial charge is 0.0172 e. The van der Waals surface area contributed by atoms with E-state index in [0.29, 0.717) is 43.3 Å². The molecular formula is C87H180. The second-order valence-corrected chi connectivity index (χ2v) is 33.3. The first-order chi connectivity index (χ1) is 40.9. The molecule has 10 saturated carbocycles. The van der Waals surface area contributed by atoms with Gasteiger partial charge in [-0.25, -0.2) is 0 Å². The summed E-state index contributed by atoms with van der Waals surface area (Å²) in [6, 6.07) is 0. The molecule has 12 aliphatic carbocycles. The molecule has 12 aliphatic rings. The van der Waals surface area contributed by atoms with Gasteiger partial charge in [-0.2, -0.15) is 0 Å². The fourth-order valence-electron chi connectivity index (χ4n) is 17.5. The number of allylic oxidation sites excluding steroid dienone is 4. The van der Waals surface area contributed by atoms with Crippen LogP contribution < -0.4 is 0 Å². The normalized spacial score (nSPS) is 30.7. The van der Waals surface area contributed by atoms with Gasteiger partial charge in [0.05, 0.1) is 0 Å². The van der Waals surface area contributed by atoms with Crippen LogP contribution in [-0.2, 0) is 0 Å². The van der Waals surface area contributed by atoms with Crippen LogP contribution in [0.1, 0.15) is 435 Å². The van der Waals surface area contributed by atoms with Crippen molar-refractivity contribution < 1.29 is 0 Å². The molecule has 0 aliphatic heterocycles. The molecule has 0 aromatic rings.